The summed E-state index contributed by atoms with van der Waals surface area (Å²) in [5.74, 6) is 1.00. The van der Waals surface area contributed by atoms with E-state index in [1.54, 1.807) is 0 Å². The number of carbonyl (C=O) groups is 1. The van der Waals surface area contributed by atoms with Gasteiger partial charge in [-0.25, -0.2) is 4.98 Å². The highest BCUT2D eigenvalue weighted by molar-refractivity contribution is 7.09. The fourth-order valence-corrected chi connectivity index (χ4v) is 3.51. The second kappa shape index (κ2) is 8.13. The molecule has 0 radical (unpaired) electrons. The van der Waals surface area contributed by atoms with Crippen LogP contribution in [-0.2, 0) is 17.8 Å². The number of thiazole rings is 1. The third kappa shape index (κ3) is 4.80. The minimum atomic E-state index is 0.0905. The Morgan fingerprint density at radius 1 is 1.36 bits per heavy atom. The first-order valence-electron chi connectivity index (χ1n) is 8.44. The quantitative estimate of drug-likeness (QED) is 0.825. The van der Waals surface area contributed by atoms with Gasteiger partial charge >= 0.3 is 0 Å². The largest absolute Gasteiger partial charge is 0.486 e. The third-order valence-electron chi connectivity index (χ3n) is 4.35. The third-order valence-corrected chi connectivity index (χ3v) is 5.22. The molecule has 0 bridgehead atoms. The molecule has 0 spiro atoms. The standard InChI is InChI=1S/C19H21N3O2S/c1-14-2-4-17(5-3-14)24-12-18-21-16(13-25-18)10-19(23)22-8-6-15(11-20)7-9-22/h2-5,13,15H,6-10,12H2,1H3. The number of hydrogen-bond acceptors (Lipinski definition) is 5. The number of ether oxygens (including phenoxy) is 1. The van der Waals surface area contributed by atoms with Gasteiger partial charge in [-0.2, -0.15) is 5.26 Å². The van der Waals surface area contributed by atoms with E-state index >= 15 is 0 Å². The van der Waals surface area contributed by atoms with Gasteiger partial charge < -0.3 is 9.64 Å². The van der Waals surface area contributed by atoms with Gasteiger partial charge in [0.1, 0.15) is 17.4 Å². The van der Waals surface area contributed by atoms with Gasteiger partial charge in [0.2, 0.25) is 5.91 Å². The summed E-state index contributed by atoms with van der Waals surface area (Å²) in [6.07, 6.45) is 1.86. The van der Waals surface area contributed by atoms with Gasteiger partial charge in [-0.3, -0.25) is 4.79 Å². The highest BCUT2D eigenvalue weighted by Gasteiger charge is 2.23. The van der Waals surface area contributed by atoms with E-state index in [1.165, 1.54) is 16.9 Å². The van der Waals surface area contributed by atoms with Crippen LogP contribution in [0.2, 0.25) is 0 Å². The Morgan fingerprint density at radius 3 is 2.76 bits per heavy atom. The van der Waals surface area contributed by atoms with Crippen LogP contribution in [0.5, 0.6) is 5.75 Å². The van der Waals surface area contributed by atoms with Crippen LogP contribution in [0.1, 0.15) is 29.1 Å². The Hall–Kier alpha value is -2.39. The molecule has 0 unspecified atom stereocenters. The van der Waals surface area contributed by atoms with E-state index in [2.05, 4.69) is 11.1 Å². The molecule has 2 aromatic rings. The highest BCUT2D eigenvalue weighted by atomic mass is 32.1. The van der Waals surface area contributed by atoms with Crippen molar-refractivity contribution in [1.82, 2.24) is 9.88 Å². The van der Waals surface area contributed by atoms with Crippen molar-refractivity contribution in [2.24, 2.45) is 5.92 Å². The van der Waals surface area contributed by atoms with Crippen molar-refractivity contribution in [3.8, 4) is 11.8 Å². The molecule has 1 aliphatic heterocycles. The number of piperidine rings is 1. The number of carbonyl (C=O) groups excluding carboxylic acids is 1. The number of nitrogens with zero attached hydrogens (tertiary/aromatic N) is 3. The van der Waals surface area contributed by atoms with E-state index < -0.39 is 0 Å². The lowest BCUT2D eigenvalue weighted by molar-refractivity contribution is -0.131. The maximum absolute atomic E-state index is 12.4. The predicted octanol–water partition coefficient (Wildman–Crippen LogP) is 3.34. The average molecular weight is 355 g/mol. The summed E-state index contributed by atoms with van der Waals surface area (Å²) in [4.78, 5) is 18.7. The molecule has 1 aromatic carbocycles. The zero-order valence-electron chi connectivity index (χ0n) is 14.3. The van der Waals surface area contributed by atoms with Crippen molar-refractivity contribution in [2.45, 2.75) is 32.8 Å². The van der Waals surface area contributed by atoms with Crippen LogP contribution in [-0.4, -0.2) is 28.9 Å². The van der Waals surface area contributed by atoms with E-state index in [9.17, 15) is 4.79 Å². The van der Waals surface area contributed by atoms with Gasteiger partial charge in [0.15, 0.2) is 0 Å². The molecule has 1 aliphatic rings. The van der Waals surface area contributed by atoms with Gasteiger partial charge in [0.25, 0.3) is 0 Å². The number of benzene rings is 1. The van der Waals surface area contributed by atoms with Crippen LogP contribution in [0, 0.1) is 24.2 Å². The minimum Gasteiger partial charge on any atom is -0.486 e. The smallest absolute Gasteiger partial charge is 0.228 e. The topological polar surface area (TPSA) is 66.2 Å². The first-order chi connectivity index (χ1) is 12.1. The van der Waals surface area contributed by atoms with E-state index in [0.717, 1.165) is 29.3 Å². The van der Waals surface area contributed by atoms with Crippen LogP contribution in [0.15, 0.2) is 29.6 Å². The lowest BCUT2D eigenvalue weighted by Gasteiger charge is -2.29. The fraction of sp³-hybridized carbons (Fsp3) is 0.421. The summed E-state index contributed by atoms with van der Waals surface area (Å²) < 4.78 is 5.73. The molecular formula is C19H21N3O2S. The number of amides is 1. The normalized spacial score (nSPS) is 15.0. The molecule has 1 aromatic heterocycles. The van der Waals surface area contributed by atoms with E-state index in [0.29, 0.717) is 26.1 Å². The maximum Gasteiger partial charge on any atom is 0.228 e. The molecule has 0 saturated carbocycles. The summed E-state index contributed by atoms with van der Waals surface area (Å²) in [6, 6.07) is 10.2. The van der Waals surface area contributed by atoms with Gasteiger partial charge in [-0.15, -0.1) is 11.3 Å². The lowest BCUT2D eigenvalue weighted by Crippen LogP contribution is -2.39. The summed E-state index contributed by atoms with van der Waals surface area (Å²) >= 11 is 1.51. The second-order valence-corrected chi connectivity index (χ2v) is 7.24. The Morgan fingerprint density at radius 2 is 2.08 bits per heavy atom. The molecule has 3 rings (SSSR count). The molecule has 0 N–H and O–H groups in total. The van der Waals surface area contributed by atoms with Gasteiger partial charge in [0, 0.05) is 24.4 Å². The molecule has 2 heterocycles. The first kappa shape index (κ1) is 17.4. The van der Waals surface area contributed by atoms with E-state index in [-0.39, 0.29) is 11.8 Å². The van der Waals surface area contributed by atoms with Crippen molar-refractivity contribution < 1.29 is 9.53 Å². The lowest BCUT2D eigenvalue weighted by atomic mass is 9.98. The highest BCUT2D eigenvalue weighted by Crippen LogP contribution is 2.19. The molecule has 1 fully saturated rings. The van der Waals surface area contributed by atoms with Crippen molar-refractivity contribution in [3.05, 3.63) is 45.9 Å². The van der Waals surface area contributed by atoms with Crippen molar-refractivity contribution >= 4 is 17.2 Å². The predicted molar refractivity (Wildman–Crippen MR) is 96.2 cm³/mol. The van der Waals surface area contributed by atoms with Gasteiger partial charge in [-0.05, 0) is 31.9 Å². The number of nitriles is 1. The van der Waals surface area contributed by atoms with E-state index in [4.69, 9.17) is 10.00 Å². The van der Waals surface area contributed by atoms with Crippen molar-refractivity contribution in [2.75, 3.05) is 13.1 Å². The summed E-state index contributed by atoms with van der Waals surface area (Å²) in [5.41, 5.74) is 1.99. The summed E-state index contributed by atoms with van der Waals surface area (Å²) in [6.45, 7) is 3.79. The Balaban J connectivity index is 1.49. The number of likely N-dealkylation sites (tertiary alicyclic amines) is 1. The molecule has 1 amide bonds. The Labute approximate surface area is 151 Å². The van der Waals surface area contributed by atoms with Crippen LogP contribution >= 0.6 is 11.3 Å². The molecule has 1 saturated heterocycles. The molecule has 6 heteroatoms. The van der Waals surface area contributed by atoms with Gasteiger partial charge in [0.05, 0.1) is 18.2 Å². The molecule has 0 atom stereocenters. The molecule has 25 heavy (non-hydrogen) atoms. The summed E-state index contributed by atoms with van der Waals surface area (Å²) in [7, 11) is 0. The fourth-order valence-electron chi connectivity index (χ4n) is 2.80. The molecule has 0 aliphatic carbocycles. The zero-order chi connectivity index (χ0) is 17.6. The minimum absolute atomic E-state index is 0.0905. The second-order valence-electron chi connectivity index (χ2n) is 6.30. The Bertz CT molecular complexity index is 756. The van der Waals surface area contributed by atoms with Crippen LogP contribution in [0.25, 0.3) is 0 Å². The number of rotatable bonds is 5. The van der Waals surface area contributed by atoms with Crippen molar-refractivity contribution in [3.63, 3.8) is 0 Å². The summed E-state index contributed by atoms with van der Waals surface area (Å²) in [5, 5.41) is 11.7. The van der Waals surface area contributed by atoms with Crippen LogP contribution < -0.4 is 4.74 Å². The zero-order valence-corrected chi connectivity index (χ0v) is 15.1. The molecule has 130 valence electrons. The monoisotopic (exact) mass is 355 g/mol. The molecular weight excluding hydrogens is 334 g/mol. The SMILES string of the molecule is Cc1ccc(OCc2nc(CC(=O)N3CCC(C#N)CC3)cs2)cc1. The number of aromatic nitrogens is 1. The number of hydrogen-bond donors (Lipinski definition) is 0. The Kier molecular flexibility index (Phi) is 5.67. The maximum atomic E-state index is 12.4. The average Bonchev–Trinajstić information content (AvgIpc) is 3.08. The first-order valence-corrected chi connectivity index (χ1v) is 9.32. The van der Waals surface area contributed by atoms with Crippen LogP contribution in [0.3, 0.4) is 0 Å². The number of aryl methyl sites for hydroxylation is 1. The van der Waals surface area contributed by atoms with E-state index in [1.807, 2.05) is 41.5 Å². The van der Waals surface area contributed by atoms with Gasteiger partial charge in [-0.1, -0.05) is 17.7 Å². The van der Waals surface area contributed by atoms with Crippen LogP contribution in [0.4, 0.5) is 0 Å². The van der Waals surface area contributed by atoms with Crippen molar-refractivity contribution in [1.29, 1.82) is 5.26 Å². The molecule has 5 nitrogen and oxygen atoms in total.